The first-order valence-corrected chi connectivity index (χ1v) is 3.90. The number of hydrogen-bond donors (Lipinski definition) is 2. The van der Waals surface area contributed by atoms with Crippen LogP contribution in [0.5, 0.6) is 0 Å². The van der Waals surface area contributed by atoms with Gasteiger partial charge >= 0.3 is 0 Å². The Morgan fingerprint density at radius 1 is 1.10 bits per heavy atom. The topological polar surface area (TPSA) is 24.1 Å². The van der Waals surface area contributed by atoms with Gasteiger partial charge in [-0.1, -0.05) is 0 Å². The molecule has 0 aromatic rings. The summed E-state index contributed by atoms with van der Waals surface area (Å²) in [5, 5.41) is 3.20. The maximum absolute atomic E-state index is 11.8. The molecule has 0 spiro atoms. The Hall–Kier alpha value is -0.150. The van der Waals surface area contributed by atoms with Gasteiger partial charge in [0, 0.05) is 12.1 Å². The van der Waals surface area contributed by atoms with Crippen LogP contribution in [-0.2, 0) is 0 Å². The second-order valence-electron chi connectivity index (χ2n) is 2.95. The molecule has 1 aliphatic rings. The molecule has 1 saturated carbocycles. The first-order valence-electron chi connectivity index (χ1n) is 3.90. The zero-order valence-electron chi connectivity index (χ0n) is 6.36. The molecule has 0 unspecified atom stereocenters. The van der Waals surface area contributed by atoms with Crippen molar-refractivity contribution < 1.29 is 4.48 Å². The number of halogens is 1. The van der Waals surface area contributed by atoms with E-state index >= 15 is 0 Å². The van der Waals surface area contributed by atoms with Crippen molar-refractivity contribution in [3.05, 3.63) is 0 Å². The van der Waals surface area contributed by atoms with E-state index in [0.29, 0.717) is 6.04 Å². The summed E-state index contributed by atoms with van der Waals surface area (Å²) in [6, 6.07) is 0.731. The standard InChI is InChI=1S/C7H15FN2/c1-9-6-2-4-7(10-8)5-3-6/h6-7,9-10H,2-5H2,1H3. The van der Waals surface area contributed by atoms with Gasteiger partial charge in [0.1, 0.15) is 0 Å². The Kier molecular flexibility index (Phi) is 3.09. The fraction of sp³-hybridized carbons (Fsp3) is 1.00. The van der Waals surface area contributed by atoms with Crippen molar-refractivity contribution in [3.63, 3.8) is 0 Å². The zero-order chi connectivity index (χ0) is 7.40. The molecule has 0 atom stereocenters. The minimum atomic E-state index is 0.115. The van der Waals surface area contributed by atoms with Crippen LogP contribution in [0.1, 0.15) is 25.7 Å². The fourth-order valence-electron chi connectivity index (χ4n) is 1.49. The van der Waals surface area contributed by atoms with Crippen molar-refractivity contribution in [2.24, 2.45) is 0 Å². The summed E-state index contributed by atoms with van der Waals surface area (Å²) in [4.78, 5) is 0. The molecule has 60 valence electrons. The van der Waals surface area contributed by atoms with E-state index in [1.165, 1.54) is 0 Å². The SMILES string of the molecule is CNC1CCC(NF)CC1. The van der Waals surface area contributed by atoms with Crippen molar-refractivity contribution >= 4 is 0 Å². The Bertz CT molecular complexity index is 77.6. The molecular formula is C7H15FN2. The van der Waals surface area contributed by atoms with Crippen LogP contribution in [0.2, 0.25) is 0 Å². The average Bonchev–Trinajstić information content (AvgIpc) is 2.05. The highest BCUT2D eigenvalue weighted by Crippen LogP contribution is 2.17. The Morgan fingerprint density at radius 2 is 1.60 bits per heavy atom. The molecule has 2 N–H and O–H groups in total. The maximum Gasteiger partial charge on any atom is 0.0373 e. The molecule has 3 heteroatoms. The van der Waals surface area contributed by atoms with Gasteiger partial charge in [0.2, 0.25) is 0 Å². The molecule has 0 amide bonds. The van der Waals surface area contributed by atoms with E-state index in [1.807, 2.05) is 12.6 Å². The highest BCUT2D eigenvalue weighted by atomic mass is 19.2. The van der Waals surface area contributed by atoms with Crippen LogP contribution in [0.15, 0.2) is 0 Å². The van der Waals surface area contributed by atoms with E-state index in [4.69, 9.17) is 0 Å². The van der Waals surface area contributed by atoms with Gasteiger partial charge in [-0.2, -0.15) is 5.54 Å². The molecule has 0 bridgehead atoms. The van der Waals surface area contributed by atoms with Crippen molar-refractivity contribution in [2.75, 3.05) is 7.05 Å². The van der Waals surface area contributed by atoms with E-state index in [9.17, 15) is 4.48 Å². The second kappa shape index (κ2) is 3.88. The van der Waals surface area contributed by atoms with Gasteiger partial charge in [0.15, 0.2) is 0 Å². The van der Waals surface area contributed by atoms with Gasteiger partial charge < -0.3 is 5.32 Å². The minimum Gasteiger partial charge on any atom is -0.317 e. The maximum atomic E-state index is 11.8. The summed E-state index contributed by atoms with van der Waals surface area (Å²) in [5.41, 5.74) is 1.82. The quantitative estimate of drug-likeness (QED) is 0.568. The van der Waals surface area contributed by atoms with Gasteiger partial charge in [0.05, 0.1) is 0 Å². The molecule has 0 heterocycles. The first kappa shape index (κ1) is 7.95. The van der Waals surface area contributed by atoms with Gasteiger partial charge in [-0.15, -0.1) is 4.48 Å². The van der Waals surface area contributed by atoms with E-state index in [0.717, 1.165) is 25.7 Å². The summed E-state index contributed by atoms with van der Waals surface area (Å²) in [6.45, 7) is 0. The molecule has 1 rings (SSSR count). The van der Waals surface area contributed by atoms with Crippen LogP contribution < -0.4 is 10.9 Å². The van der Waals surface area contributed by atoms with Gasteiger partial charge in [-0.3, -0.25) is 0 Å². The number of hydrogen-bond acceptors (Lipinski definition) is 2. The van der Waals surface area contributed by atoms with E-state index in [-0.39, 0.29) is 6.04 Å². The normalized spacial score (nSPS) is 34.2. The molecule has 0 saturated heterocycles. The highest BCUT2D eigenvalue weighted by Gasteiger charge is 2.18. The van der Waals surface area contributed by atoms with Crippen molar-refractivity contribution in [3.8, 4) is 0 Å². The molecule has 2 nitrogen and oxygen atoms in total. The van der Waals surface area contributed by atoms with Crippen LogP contribution in [0, 0.1) is 0 Å². The number of nitrogens with one attached hydrogen (secondary N) is 2. The average molecular weight is 146 g/mol. The summed E-state index contributed by atoms with van der Waals surface area (Å²) < 4.78 is 11.8. The summed E-state index contributed by atoms with van der Waals surface area (Å²) in [7, 11) is 1.97. The van der Waals surface area contributed by atoms with Crippen molar-refractivity contribution in [1.29, 1.82) is 0 Å². The lowest BCUT2D eigenvalue weighted by Gasteiger charge is -2.26. The lowest BCUT2D eigenvalue weighted by Crippen LogP contribution is -2.35. The van der Waals surface area contributed by atoms with Gasteiger partial charge in [0.25, 0.3) is 0 Å². The first-order chi connectivity index (χ1) is 4.86. The van der Waals surface area contributed by atoms with Crippen LogP contribution in [-0.4, -0.2) is 19.1 Å². The van der Waals surface area contributed by atoms with Gasteiger partial charge in [-0.05, 0) is 32.7 Å². The van der Waals surface area contributed by atoms with Crippen LogP contribution in [0.3, 0.4) is 0 Å². The molecular weight excluding hydrogens is 131 g/mol. The molecule has 0 aliphatic heterocycles. The van der Waals surface area contributed by atoms with E-state index in [1.54, 1.807) is 0 Å². The smallest absolute Gasteiger partial charge is 0.0373 e. The highest BCUT2D eigenvalue weighted by molar-refractivity contribution is 4.77. The van der Waals surface area contributed by atoms with Crippen molar-refractivity contribution in [1.82, 2.24) is 10.9 Å². The molecule has 10 heavy (non-hydrogen) atoms. The third kappa shape index (κ3) is 1.92. The van der Waals surface area contributed by atoms with E-state index in [2.05, 4.69) is 5.32 Å². The third-order valence-electron chi connectivity index (χ3n) is 2.29. The summed E-state index contributed by atoms with van der Waals surface area (Å²) >= 11 is 0. The predicted molar refractivity (Wildman–Crippen MR) is 39.3 cm³/mol. The number of rotatable bonds is 2. The van der Waals surface area contributed by atoms with Crippen LogP contribution >= 0.6 is 0 Å². The second-order valence-corrected chi connectivity index (χ2v) is 2.95. The van der Waals surface area contributed by atoms with Crippen molar-refractivity contribution in [2.45, 2.75) is 37.8 Å². The minimum absolute atomic E-state index is 0.115. The van der Waals surface area contributed by atoms with Gasteiger partial charge in [-0.25, -0.2) is 0 Å². The molecule has 0 aromatic carbocycles. The molecule has 1 fully saturated rings. The summed E-state index contributed by atoms with van der Waals surface area (Å²) in [5.74, 6) is 0. The lowest BCUT2D eigenvalue weighted by atomic mass is 9.92. The fourth-order valence-corrected chi connectivity index (χ4v) is 1.49. The Labute approximate surface area is 61.1 Å². The Balaban J connectivity index is 2.17. The molecule has 1 aliphatic carbocycles. The lowest BCUT2D eigenvalue weighted by molar-refractivity contribution is 0.210. The monoisotopic (exact) mass is 146 g/mol. The van der Waals surface area contributed by atoms with E-state index < -0.39 is 0 Å². The third-order valence-corrected chi connectivity index (χ3v) is 2.29. The van der Waals surface area contributed by atoms with Crippen LogP contribution in [0.25, 0.3) is 0 Å². The summed E-state index contributed by atoms with van der Waals surface area (Å²) in [6.07, 6.45) is 4.11. The molecule has 0 aromatic heterocycles. The predicted octanol–water partition coefficient (Wildman–Crippen LogP) is 0.991. The zero-order valence-corrected chi connectivity index (χ0v) is 6.36. The largest absolute Gasteiger partial charge is 0.317 e. The van der Waals surface area contributed by atoms with Crippen LogP contribution in [0.4, 0.5) is 4.48 Å². The Morgan fingerprint density at radius 3 is 2.00 bits per heavy atom. The molecule has 0 radical (unpaired) electrons.